The summed E-state index contributed by atoms with van der Waals surface area (Å²) in [6, 6.07) is 6.01. The summed E-state index contributed by atoms with van der Waals surface area (Å²) in [6.07, 6.45) is -0.551. The third-order valence-corrected chi connectivity index (χ3v) is 3.98. The van der Waals surface area contributed by atoms with Crippen molar-refractivity contribution in [2.24, 2.45) is 0 Å². The lowest BCUT2D eigenvalue weighted by molar-refractivity contribution is 0.0844. The van der Waals surface area contributed by atoms with E-state index in [1.54, 1.807) is 12.1 Å². The van der Waals surface area contributed by atoms with Gasteiger partial charge in [0.2, 0.25) is 0 Å². The van der Waals surface area contributed by atoms with Crippen molar-refractivity contribution in [1.29, 1.82) is 0 Å². The summed E-state index contributed by atoms with van der Waals surface area (Å²) < 4.78 is 10.8. The summed E-state index contributed by atoms with van der Waals surface area (Å²) in [5.41, 5.74) is 0.978. The van der Waals surface area contributed by atoms with Crippen LogP contribution in [0.4, 0.5) is 0 Å². The number of hydrogen-bond donors (Lipinski definition) is 3. The van der Waals surface area contributed by atoms with Gasteiger partial charge in [0.25, 0.3) is 0 Å². The standard InChI is InChI=1S/C17H16O6/c1-8-11(19)6-15-16(17(8)21)12(20)7-13(23-15)9-3-4-10(18)14(5-9)22-2/h3-6,13,18-19,21H,7H2,1-2H3/t13-/m0/s1. The maximum absolute atomic E-state index is 12.4. The number of phenolic OH excluding ortho intramolecular Hbond substituents is 3. The quantitative estimate of drug-likeness (QED) is 0.788. The molecule has 1 aliphatic rings. The van der Waals surface area contributed by atoms with Gasteiger partial charge in [-0.3, -0.25) is 4.79 Å². The highest BCUT2D eigenvalue weighted by molar-refractivity contribution is 6.03. The minimum atomic E-state index is -0.592. The molecule has 6 nitrogen and oxygen atoms in total. The fraction of sp³-hybridized carbons (Fsp3) is 0.235. The van der Waals surface area contributed by atoms with E-state index in [1.165, 1.54) is 26.2 Å². The Morgan fingerprint density at radius 2 is 1.91 bits per heavy atom. The number of carbonyl (C=O) groups excluding carboxylic acids is 1. The smallest absolute Gasteiger partial charge is 0.174 e. The summed E-state index contributed by atoms with van der Waals surface area (Å²) in [6.45, 7) is 1.52. The molecule has 3 N–H and O–H groups in total. The Hall–Kier alpha value is -2.89. The van der Waals surface area contributed by atoms with Crippen LogP contribution in [0, 0.1) is 6.92 Å². The van der Waals surface area contributed by atoms with Crippen molar-refractivity contribution >= 4 is 5.78 Å². The summed E-state index contributed by atoms with van der Waals surface area (Å²) in [7, 11) is 1.43. The fourth-order valence-corrected chi connectivity index (χ4v) is 2.64. The van der Waals surface area contributed by atoms with E-state index in [1.807, 2.05) is 0 Å². The molecule has 1 heterocycles. The van der Waals surface area contributed by atoms with Gasteiger partial charge in [-0.1, -0.05) is 6.07 Å². The van der Waals surface area contributed by atoms with Gasteiger partial charge in [0.05, 0.1) is 13.5 Å². The Balaban J connectivity index is 2.03. The number of hydrogen-bond acceptors (Lipinski definition) is 6. The Kier molecular flexibility index (Phi) is 3.52. The molecule has 0 radical (unpaired) electrons. The van der Waals surface area contributed by atoms with Crippen LogP contribution < -0.4 is 9.47 Å². The molecule has 6 heteroatoms. The second-order valence-electron chi connectivity index (χ2n) is 5.41. The van der Waals surface area contributed by atoms with E-state index in [2.05, 4.69) is 0 Å². The summed E-state index contributed by atoms with van der Waals surface area (Å²) in [4.78, 5) is 12.4. The Labute approximate surface area is 132 Å². The number of fused-ring (bicyclic) bond motifs is 1. The molecule has 0 saturated carbocycles. The van der Waals surface area contributed by atoms with Gasteiger partial charge >= 0.3 is 0 Å². The third-order valence-electron chi connectivity index (χ3n) is 3.98. The van der Waals surface area contributed by atoms with Crippen molar-refractivity contribution in [1.82, 2.24) is 0 Å². The lowest BCUT2D eigenvalue weighted by Gasteiger charge is -2.27. The van der Waals surface area contributed by atoms with Crippen LogP contribution >= 0.6 is 0 Å². The largest absolute Gasteiger partial charge is 0.507 e. The van der Waals surface area contributed by atoms with Crippen LogP contribution in [-0.2, 0) is 0 Å². The molecule has 120 valence electrons. The second-order valence-corrected chi connectivity index (χ2v) is 5.41. The van der Waals surface area contributed by atoms with Crippen molar-refractivity contribution in [3.05, 3.63) is 41.0 Å². The number of rotatable bonds is 2. The van der Waals surface area contributed by atoms with Crippen LogP contribution in [0.2, 0.25) is 0 Å². The van der Waals surface area contributed by atoms with Gasteiger partial charge in [-0.2, -0.15) is 0 Å². The molecular weight excluding hydrogens is 300 g/mol. The second kappa shape index (κ2) is 5.39. The Morgan fingerprint density at radius 3 is 2.61 bits per heavy atom. The first-order valence-electron chi connectivity index (χ1n) is 7.04. The van der Waals surface area contributed by atoms with Gasteiger partial charge < -0.3 is 24.8 Å². The summed E-state index contributed by atoms with van der Waals surface area (Å²) in [5, 5.41) is 29.5. The average Bonchev–Trinajstić information content (AvgIpc) is 2.52. The van der Waals surface area contributed by atoms with Gasteiger partial charge in [0.15, 0.2) is 17.3 Å². The molecule has 0 aliphatic carbocycles. The third kappa shape index (κ3) is 2.42. The number of aromatic hydroxyl groups is 3. The number of ketones is 1. The zero-order valence-corrected chi connectivity index (χ0v) is 12.7. The highest BCUT2D eigenvalue weighted by atomic mass is 16.5. The number of phenols is 3. The molecule has 3 rings (SSSR count). The van der Waals surface area contributed by atoms with Crippen LogP contribution in [0.3, 0.4) is 0 Å². The van der Waals surface area contributed by atoms with Crippen molar-refractivity contribution in [2.75, 3.05) is 7.11 Å². The minimum absolute atomic E-state index is 0.00954. The maximum atomic E-state index is 12.4. The first kappa shape index (κ1) is 15.0. The molecule has 0 bridgehead atoms. The predicted octanol–water partition coefficient (Wildman–Crippen LogP) is 2.83. The van der Waals surface area contributed by atoms with E-state index >= 15 is 0 Å². The zero-order valence-electron chi connectivity index (χ0n) is 12.7. The van der Waals surface area contributed by atoms with E-state index in [4.69, 9.17) is 9.47 Å². The lowest BCUT2D eigenvalue weighted by atomic mass is 9.94. The van der Waals surface area contributed by atoms with Crippen LogP contribution in [-0.4, -0.2) is 28.2 Å². The first-order valence-corrected chi connectivity index (χ1v) is 7.04. The van der Waals surface area contributed by atoms with E-state index in [-0.39, 0.29) is 52.1 Å². The topological polar surface area (TPSA) is 96.2 Å². The fourth-order valence-electron chi connectivity index (χ4n) is 2.64. The van der Waals surface area contributed by atoms with Gasteiger partial charge in [-0.25, -0.2) is 0 Å². The lowest BCUT2D eigenvalue weighted by Crippen LogP contribution is -2.20. The van der Waals surface area contributed by atoms with Crippen LogP contribution in [0.15, 0.2) is 24.3 Å². The number of methoxy groups -OCH3 is 1. The molecule has 0 saturated heterocycles. The van der Waals surface area contributed by atoms with Crippen LogP contribution in [0.1, 0.15) is 34.0 Å². The van der Waals surface area contributed by atoms with Crippen molar-refractivity contribution in [3.63, 3.8) is 0 Å². The highest BCUT2D eigenvalue weighted by Crippen LogP contribution is 2.44. The minimum Gasteiger partial charge on any atom is -0.507 e. The molecule has 0 aromatic heterocycles. The van der Waals surface area contributed by atoms with Gasteiger partial charge in [0, 0.05) is 11.6 Å². The Bertz CT molecular complexity index is 796. The molecule has 0 amide bonds. The molecule has 0 fully saturated rings. The Morgan fingerprint density at radius 1 is 1.17 bits per heavy atom. The van der Waals surface area contributed by atoms with Crippen molar-refractivity contribution in [3.8, 4) is 28.7 Å². The van der Waals surface area contributed by atoms with E-state index in [9.17, 15) is 20.1 Å². The summed E-state index contributed by atoms with van der Waals surface area (Å²) >= 11 is 0. The van der Waals surface area contributed by atoms with Gasteiger partial charge in [0.1, 0.15) is 28.9 Å². The van der Waals surface area contributed by atoms with Crippen LogP contribution in [0.5, 0.6) is 28.7 Å². The SMILES string of the molecule is COc1cc([C@@H]2CC(=O)c3c(cc(O)c(C)c3O)O2)ccc1O. The van der Waals surface area contributed by atoms with Crippen molar-refractivity contribution < 1.29 is 29.6 Å². The van der Waals surface area contributed by atoms with E-state index in [0.717, 1.165) is 0 Å². The number of ether oxygens (including phenoxy) is 2. The first-order chi connectivity index (χ1) is 10.9. The van der Waals surface area contributed by atoms with E-state index in [0.29, 0.717) is 5.56 Å². The normalized spacial score (nSPS) is 16.6. The molecule has 0 spiro atoms. The van der Waals surface area contributed by atoms with Gasteiger partial charge in [-0.05, 0) is 24.6 Å². The zero-order chi connectivity index (χ0) is 16.7. The molecule has 23 heavy (non-hydrogen) atoms. The van der Waals surface area contributed by atoms with Crippen molar-refractivity contribution in [2.45, 2.75) is 19.4 Å². The monoisotopic (exact) mass is 316 g/mol. The molecule has 1 atom stereocenters. The number of benzene rings is 2. The molecule has 2 aromatic carbocycles. The number of Topliss-reactive ketones (excluding diaryl/α,β-unsaturated/α-hetero) is 1. The summed E-state index contributed by atoms with van der Waals surface area (Å²) in [5.74, 6) is -0.267. The molecule has 0 unspecified atom stereocenters. The van der Waals surface area contributed by atoms with Gasteiger partial charge in [-0.15, -0.1) is 0 Å². The molecule has 1 aliphatic heterocycles. The predicted molar refractivity (Wildman–Crippen MR) is 81.5 cm³/mol. The van der Waals surface area contributed by atoms with E-state index < -0.39 is 6.10 Å². The number of carbonyl (C=O) groups is 1. The molecule has 2 aromatic rings. The molecular formula is C17H16O6. The average molecular weight is 316 g/mol. The van der Waals surface area contributed by atoms with Crippen LogP contribution in [0.25, 0.3) is 0 Å². The maximum Gasteiger partial charge on any atom is 0.174 e. The highest BCUT2D eigenvalue weighted by Gasteiger charge is 2.32.